The van der Waals surface area contributed by atoms with Crippen LogP contribution >= 0.6 is 11.6 Å². The summed E-state index contributed by atoms with van der Waals surface area (Å²) in [7, 11) is 0. The molecule has 2 aromatic carbocycles. The van der Waals surface area contributed by atoms with Gasteiger partial charge in [0.2, 0.25) is 0 Å². The molecule has 30 heavy (non-hydrogen) atoms. The third-order valence-corrected chi connectivity index (χ3v) is 6.16. The third kappa shape index (κ3) is 4.21. The van der Waals surface area contributed by atoms with Gasteiger partial charge in [-0.05, 0) is 48.9 Å². The number of piperidine rings is 1. The largest absolute Gasteiger partial charge is 0.358 e. The minimum Gasteiger partial charge on any atom is -0.358 e. The molecule has 6 heteroatoms. The topological polar surface area (TPSA) is 58.1 Å². The maximum absolute atomic E-state index is 13.1. The van der Waals surface area contributed by atoms with Gasteiger partial charge in [0.05, 0.1) is 5.56 Å². The number of rotatable bonds is 5. The first kappa shape index (κ1) is 20.5. The lowest BCUT2D eigenvalue weighted by atomic mass is 9.89. The predicted molar refractivity (Wildman–Crippen MR) is 122 cm³/mol. The van der Waals surface area contributed by atoms with Crippen LogP contribution in [0, 0.1) is 0 Å². The van der Waals surface area contributed by atoms with Crippen LogP contribution in [-0.4, -0.2) is 22.6 Å². The van der Waals surface area contributed by atoms with Gasteiger partial charge in [0.15, 0.2) is 0 Å². The molecule has 3 aromatic rings. The van der Waals surface area contributed by atoms with Crippen LogP contribution in [0.15, 0.2) is 64.2 Å². The van der Waals surface area contributed by atoms with Crippen LogP contribution in [0.5, 0.6) is 0 Å². The van der Waals surface area contributed by atoms with E-state index in [1.807, 2.05) is 37.3 Å². The van der Waals surface area contributed by atoms with Crippen molar-refractivity contribution in [2.24, 2.45) is 0 Å². The van der Waals surface area contributed by atoms with E-state index in [0.717, 1.165) is 31.5 Å². The van der Waals surface area contributed by atoms with Gasteiger partial charge in [-0.1, -0.05) is 54.1 Å². The minimum absolute atomic E-state index is 0.221. The number of halogens is 1. The Hall–Kier alpha value is -2.79. The molecule has 0 saturated carbocycles. The maximum Gasteiger partial charge on any atom is 0.329 e. The first-order valence-electron chi connectivity index (χ1n) is 10.5. The van der Waals surface area contributed by atoms with Crippen LogP contribution in [0.2, 0.25) is 5.02 Å². The summed E-state index contributed by atoms with van der Waals surface area (Å²) in [5.74, 6) is 1.16. The highest BCUT2D eigenvalue weighted by Gasteiger charge is 2.25. The van der Waals surface area contributed by atoms with E-state index in [0.29, 0.717) is 35.3 Å². The Morgan fingerprint density at radius 3 is 2.43 bits per heavy atom. The third-order valence-electron chi connectivity index (χ3n) is 5.93. The van der Waals surface area contributed by atoms with Gasteiger partial charge in [-0.3, -0.25) is 14.3 Å². The zero-order valence-electron chi connectivity index (χ0n) is 17.1. The van der Waals surface area contributed by atoms with E-state index in [-0.39, 0.29) is 11.2 Å². The van der Waals surface area contributed by atoms with E-state index in [1.165, 1.54) is 10.1 Å². The second kappa shape index (κ2) is 8.92. The van der Waals surface area contributed by atoms with E-state index in [1.54, 1.807) is 0 Å². The number of hydrogen-bond donors (Lipinski definition) is 1. The van der Waals surface area contributed by atoms with Gasteiger partial charge in [0.25, 0.3) is 5.56 Å². The Kier molecular flexibility index (Phi) is 6.09. The molecule has 0 aliphatic carbocycles. The van der Waals surface area contributed by atoms with E-state index < -0.39 is 0 Å². The van der Waals surface area contributed by atoms with Gasteiger partial charge in [0, 0.05) is 31.1 Å². The summed E-state index contributed by atoms with van der Waals surface area (Å²) >= 11 is 6.15. The number of hydrogen-bond acceptors (Lipinski definition) is 3. The Morgan fingerprint density at radius 2 is 1.77 bits per heavy atom. The van der Waals surface area contributed by atoms with Crippen LogP contribution in [-0.2, 0) is 13.0 Å². The minimum atomic E-state index is -0.350. The van der Waals surface area contributed by atoms with Crippen molar-refractivity contribution in [3.63, 3.8) is 0 Å². The molecule has 1 fully saturated rings. The fourth-order valence-electron chi connectivity index (χ4n) is 4.33. The summed E-state index contributed by atoms with van der Waals surface area (Å²) in [6, 6.07) is 18.1. The number of benzene rings is 2. The summed E-state index contributed by atoms with van der Waals surface area (Å²) in [5.41, 5.74) is 2.36. The molecule has 2 heterocycles. The monoisotopic (exact) mass is 423 g/mol. The lowest BCUT2D eigenvalue weighted by Crippen LogP contribution is -2.42. The van der Waals surface area contributed by atoms with Crippen molar-refractivity contribution in [1.29, 1.82) is 0 Å². The summed E-state index contributed by atoms with van der Waals surface area (Å²) in [5, 5.41) is 0.637. The molecule has 0 unspecified atom stereocenters. The number of H-pyrrole nitrogens is 1. The molecule has 1 aliphatic rings. The molecule has 1 aliphatic heterocycles. The number of aromatic amines is 1. The second-order valence-electron chi connectivity index (χ2n) is 7.79. The predicted octanol–water partition coefficient (Wildman–Crippen LogP) is 4.18. The van der Waals surface area contributed by atoms with Crippen molar-refractivity contribution in [2.45, 2.75) is 38.6 Å². The maximum atomic E-state index is 13.1. The molecule has 0 atom stereocenters. The molecule has 5 nitrogen and oxygen atoms in total. The molecule has 0 spiro atoms. The van der Waals surface area contributed by atoms with Gasteiger partial charge in [-0.25, -0.2) is 4.79 Å². The molecule has 156 valence electrons. The fourth-order valence-corrected chi connectivity index (χ4v) is 4.54. The lowest BCUT2D eigenvalue weighted by molar-refractivity contribution is 0.499. The standard InChI is InChI=1S/C24H26ClN3O2/c1-2-28-23(29)21(16-17-7-6-10-20(25)15-17)22(26-24(28)30)27-13-11-19(12-14-27)18-8-4-3-5-9-18/h3-10,15,19H,2,11-14,16H2,1H3,(H,26,30). The highest BCUT2D eigenvalue weighted by molar-refractivity contribution is 6.30. The Balaban J connectivity index is 1.66. The average Bonchev–Trinajstić information content (AvgIpc) is 2.77. The molecule has 0 amide bonds. The van der Waals surface area contributed by atoms with E-state index in [9.17, 15) is 9.59 Å². The molecular weight excluding hydrogens is 398 g/mol. The molecule has 1 saturated heterocycles. The normalized spacial score (nSPS) is 14.8. The summed E-state index contributed by atoms with van der Waals surface area (Å²) in [6.45, 7) is 3.75. The van der Waals surface area contributed by atoms with Gasteiger partial charge in [-0.15, -0.1) is 0 Å². The quantitative estimate of drug-likeness (QED) is 0.669. The van der Waals surface area contributed by atoms with Gasteiger partial charge in [0.1, 0.15) is 5.82 Å². The lowest BCUT2D eigenvalue weighted by Gasteiger charge is -2.34. The SMILES string of the molecule is CCn1c(=O)[nH]c(N2CCC(c3ccccc3)CC2)c(Cc2cccc(Cl)c2)c1=O. The summed E-state index contributed by atoms with van der Waals surface area (Å²) in [4.78, 5) is 30.8. The molecule has 4 rings (SSSR count). The van der Waals surface area contributed by atoms with E-state index >= 15 is 0 Å². The molecule has 0 bridgehead atoms. The molecule has 1 N–H and O–H groups in total. The van der Waals surface area contributed by atoms with Crippen LogP contribution in [0.1, 0.15) is 42.4 Å². The molecule has 0 radical (unpaired) electrons. The van der Waals surface area contributed by atoms with Crippen LogP contribution in [0.25, 0.3) is 0 Å². The average molecular weight is 424 g/mol. The first-order valence-corrected chi connectivity index (χ1v) is 10.8. The highest BCUT2D eigenvalue weighted by atomic mass is 35.5. The number of nitrogens with one attached hydrogen (secondary N) is 1. The summed E-state index contributed by atoms with van der Waals surface area (Å²) < 4.78 is 1.26. The Bertz CT molecular complexity index is 1130. The highest BCUT2D eigenvalue weighted by Crippen LogP contribution is 2.30. The van der Waals surface area contributed by atoms with Gasteiger partial charge < -0.3 is 4.90 Å². The molecule has 1 aromatic heterocycles. The first-order chi connectivity index (χ1) is 14.6. The van der Waals surface area contributed by atoms with Gasteiger partial charge in [-0.2, -0.15) is 0 Å². The van der Waals surface area contributed by atoms with Crippen molar-refractivity contribution < 1.29 is 0 Å². The zero-order chi connectivity index (χ0) is 21.1. The van der Waals surface area contributed by atoms with Crippen LogP contribution < -0.4 is 16.1 Å². The van der Waals surface area contributed by atoms with Crippen LogP contribution in [0.4, 0.5) is 5.82 Å². The van der Waals surface area contributed by atoms with Crippen LogP contribution in [0.3, 0.4) is 0 Å². The zero-order valence-corrected chi connectivity index (χ0v) is 17.9. The van der Waals surface area contributed by atoms with E-state index in [2.05, 4.69) is 34.1 Å². The number of nitrogens with zero attached hydrogens (tertiary/aromatic N) is 2. The second-order valence-corrected chi connectivity index (χ2v) is 8.22. The smallest absolute Gasteiger partial charge is 0.329 e. The van der Waals surface area contributed by atoms with Gasteiger partial charge >= 0.3 is 5.69 Å². The fraction of sp³-hybridized carbons (Fsp3) is 0.333. The van der Waals surface area contributed by atoms with Crippen molar-refractivity contribution in [3.05, 3.63) is 97.1 Å². The van der Waals surface area contributed by atoms with Crippen molar-refractivity contribution in [3.8, 4) is 0 Å². The Morgan fingerprint density at radius 1 is 1.03 bits per heavy atom. The van der Waals surface area contributed by atoms with Crippen molar-refractivity contribution >= 4 is 17.4 Å². The number of anilines is 1. The summed E-state index contributed by atoms with van der Waals surface area (Å²) in [6.07, 6.45) is 2.41. The van der Waals surface area contributed by atoms with Crippen molar-refractivity contribution in [1.82, 2.24) is 9.55 Å². The molecular formula is C24H26ClN3O2. The number of aromatic nitrogens is 2. The van der Waals surface area contributed by atoms with Crippen molar-refractivity contribution in [2.75, 3.05) is 18.0 Å². The Labute approximate surface area is 180 Å². The van der Waals surface area contributed by atoms with E-state index in [4.69, 9.17) is 11.6 Å².